The van der Waals surface area contributed by atoms with Crippen molar-refractivity contribution in [2.24, 2.45) is 0 Å². The summed E-state index contributed by atoms with van der Waals surface area (Å²) in [4.78, 5) is 13.7. The average Bonchev–Trinajstić information content (AvgIpc) is 2.18. The summed E-state index contributed by atoms with van der Waals surface area (Å²) in [5.74, 6) is 0.142. The number of hydrogen-bond donors (Lipinski definition) is 1. The summed E-state index contributed by atoms with van der Waals surface area (Å²) in [6, 6.07) is 0.438. The Balaban J connectivity index is 2.27. The van der Waals surface area contributed by atoms with Gasteiger partial charge in [-0.05, 0) is 26.4 Å². The van der Waals surface area contributed by atoms with Gasteiger partial charge in [0.05, 0.1) is 0 Å². The van der Waals surface area contributed by atoms with Crippen molar-refractivity contribution in [1.82, 2.24) is 10.2 Å². The number of hydrogen-bond acceptors (Lipinski definition) is 2. The molecule has 1 atom stereocenters. The van der Waals surface area contributed by atoms with E-state index in [0.717, 1.165) is 13.0 Å². The molecule has 1 heterocycles. The van der Waals surface area contributed by atoms with Crippen molar-refractivity contribution in [3.8, 4) is 0 Å². The summed E-state index contributed by atoms with van der Waals surface area (Å²) in [6.45, 7) is 5.27. The number of carbonyl (C=O) groups is 1. The van der Waals surface area contributed by atoms with Gasteiger partial charge in [-0.15, -0.1) is 6.58 Å². The Hall–Kier alpha value is -0.830. The van der Waals surface area contributed by atoms with E-state index in [4.69, 9.17) is 0 Å². The molecular formula is C11H20N2O. The molecule has 3 heteroatoms. The summed E-state index contributed by atoms with van der Waals surface area (Å²) < 4.78 is 0. The van der Waals surface area contributed by atoms with Crippen molar-refractivity contribution in [3.05, 3.63) is 12.7 Å². The van der Waals surface area contributed by atoms with Crippen LogP contribution in [-0.4, -0.2) is 37.0 Å². The molecule has 1 unspecified atom stereocenters. The SMILES string of the molecule is C=CCNC(=O)CC1CCCCN1C. The van der Waals surface area contributed by atoms with Crippen LogP contribution >= 0.6 is 0 Å². The van der Waals surface area contributed by atoms with E-state index in [0.29, 0.717) is 19.0 Å². The Morgan fingerprint density at radius 3 is 3.07 bits per heavy atom. The lowest BCUT2D eigenvalue weighted by molar-refractivity contribution is -0.122. The molecule has 1 aliphatic heterocycles. The molecule has 1 N–H and O–H groups in total. The van der Waals surface area contributed by atoms with Gasteiger partial charge in [-0.2, -0.15) is 0 Å². The third-order valence-corrected chi connectivity index (χ3v) is 2.79. The van der Waals surface area contributed by atoms with Crippen LogP contribution in [0.15, 0.2) is 12.7 Å². The normalized spacial score (nSPS) is 23.1. The van der Waals surface area contributed by atoms with Crippen molar-refractivity contribution in [1.29, 1.82) is 0 Å². The maximum atomic E-state index is 11.4. The summed E-state index contributed by atoms with van der Waals surface area (Å²) >= 11 is 0. The van der Waals surface area contributed by atoms with Crippen molar-refractivity contribution >= 4 is 5.91 Å². The molecule has 1 amide bonds. The molecule has 14 heavy (non-hydrogen) atoms. The molecule has 1 fully saturated rings. The maximum Gasteiger partial charge on any atom is 0.221 e. The molecule has 0 spiro atoms. The third-order valence-electron chi connectivity index (χ3n) is 2.79. The topological polar surface area (TPSA) is 32.3 Å². The Kier molecular flexibility index (Phi) is 4.66. The first-order valence-electron chi connectivity index (χ1n) is 5.32. The number of amides is 1. The second-order valence-electron chi connectivity index (χ2n) is 3.93. The number of piperidine rings is 1. The molecule has 0 bridgehead atoms. The van der Waals surface area contributed by atoms with Gasteiger partial charge in [0.1, 0.15) is 0 Å². The first kappa shape index (κ1) is 11.2. The number of nitrogens with zero attached hydrogens (tertiary/aromatic N) is 1. The van der Waals surface area contributed by atoms with E-state index < -0.39 is 0 Å². The van der Waals surface area contributed by atoms with Crippen LogP contribution in [0.25, 0.3) is 0 Å². The van der Waals surface area contributed by atoms with Gasteiger partial charge in [-0.1, -0.05) is 12.5 Å². The zero-order valence-corrected chi connectivity index (χ0v) is 8.96. The fraction of sp³-hybridized carbons (Fsp3) is 0.727. The van der Waals surface area contributed by atoms with Gasteiger partial charge in [0.15, 0.2) is 0 Å². The van der Waals surface area contributed by atoms with Gasteiger partial charge >= 0.3 is 0 Å². The molecule has 0 aromatic carbocycles. The molecule has 0 aromatic heterocycles. The Morgan fingerprint density at radius 1 is 1.64 bits per heavy atom. The minimum absolute atomic E-state index is 0.142. The van der Waals surface area contributed by atoms with Gasteiger partial charge < -0.3 is 10.2 Å². The molecule has 0 radical (unpaired) electrons. The second kappa shape index (κ2) is 5.81. The highest BCUT2D eigenvalue weighted by Gasteiger charge is 2.20. The van der Waals surface area contributed by atoms with Gasteiger partial charge in [0.25, 0.3) is 0 Å². The first-order valence-corrected chi connectivity index (χ1v) is 5.32. The lowest BCUT2D eigenvalue weighted by Crippen LogP contribution is -2.40. The fourth-order valence-corrected chi connectivity index (χ4v) is 1.87. The van der Waals surface area contributed by atoms with Crippen LogP contribution in [0, 0.1) is 0 Å². The van der Waals surface area contributed by atoms with Crippen LogP contribution in [-0.2, 0) is 4.79 Å². The van der Waals surface area contributed by atoms with Gasteiger partial charge in [-0.3, -0.25) is 4.79 Å². The Labute approximate surface area is 86.2 Å². The quantitative estimate of drug-likeness (QED) is 0.684. The minimum atomic E-state index is 0.142. The number of rotatable bonds is 4. The highest BCUT2D eigenvalue weighted by atomic mass is 16.1. The summed E-state index contributed by atoms with van der Waals surface area (Å²) in [6.07, 6.45) is 6.01. The number of carbonyl (C=O) groups excluding carboxylic acids is 1. The van der Waals surface area contributed by atoms with E-state index in [9.17, 15) is 4.79 Å². The first-order chi connectivity index (χ1) is 6.74. The van der Waals surface area contributed by atoms with E-state index in [1.54, 1.807) is 6.08 Å². The summed E-state index contributed by atoms with van der Waals surface area (Å²) in [5.41, 5.74) is 0. The van der Waals surface area contributed by atoms with E-state index in [1.807, 2.05) is 0 Å². The van der Waals surface area contributed by atoms with Gasteiger partial charge in [0.2, 0.25) is 5.91 Å². The van der Waals surface area contributed by atoms with Gasteiger partial charge in [-0.25, -0.2) is 0 Å². The standard InChI is InChI=1S/C11H20N2O/c1-3-7-12-11(14)9-10-6-4-5-8-13(10)2/h3,10H,1,4-9H2,2H3,(H,12,14). The highest BCUT2D eigenvalue weighted by Crippen LogP contribution is 2.17. The monoisotopic (exact) mass is 196 g/mol. The summed E-state index contributed by atoms with van der Waals surface area (Å²) in [5, 5.41) is 2.82. The largest absolute Gasteiger partial charge is 0.353 e. The number of likely N-dealkylation sites (tertiary alicyclic amines) is 1. The smallest absolute Gasteiger partial charge is 0.221 e. The highest BCUT2D eigenvalue weighted by molar-refractivity contribution is 5.76. The predicted octanol–water partition coefficient (Wildman–Crippen LogP) is 1.16. The van der Waals surface area contributed by atoms with Crippen LogP contribution in [0.1, 0.15) is 25.7 Å². The van der Waals surface area contributed by atoms with E-state index in [-0.39, 0.29) is 5.91 Å². The molecule has 0 aromatic rings. The lowest BCUT2D eigenvalue weighted by atomic mass is 10.00. The van der Waals surface area contributed by atoms with E-state index in [1.165, 1.54) is 12.8 Å². The van der Waals surface area contributed by atoms with Crippen LogP contribution in [0.5, 0.6) is 0 Å². The van der Waals surface area contributed by atoms with Crippen LogP contribution in [0.3, 0.4) is 0 Å². The molecule has 80 valence electrons. The zero-order valence-electron chi connectivity index (χ0n) is 8.96. The molecule has 0 aliphatic carbocycles. The van der Waals surface area contributed by atoms with E-state index in [2.05, 4.69) is 23.8 Å². The van der Waals surface area contributed by atoms with Crippen molar-refractivity contribution in [2.45, 2.75) is 31.7 Å². The minimum Gasteiger partial charge on any atom is -0.353 e. The van der Waals surface area contributed by atoms with Crippen LogP contribution in [0.2, 0.25) is 0 Å². The van der Waals surface area contributed by atoms with E-state index >= 15 is 0 Å². The van der Waals surface area contributed by atoms with Crippen LogP contribution < -0.4 is 5.32 Å². The zero-order chi connectivity index (χ0) is 10.4. The molecule has 1 saturated heterocycles. The van der Waals surface area contributed by atoms with Crippen molar-refractivity contribution in [2.75, 3.05) is 20.1 Å². The molecule has 3 nitrogen and oxygen atoms in total. The molecular weight excluding hydrogens is 176 g/mol. The summed E-state index contributed by atoms with van der Waals surface area (Å²) in [7, 11) is 2.10. The van der Waals surface area contributed by atoms with Gasteiger partial charge in [0, 0.05) is 19.0 Å². The van der Waals surface area contributed by atoms with Crippen molar-refractivity contribution < 1.29 is 4.79 Å². The average molecular weight is 196 g/mol. The third kappa shape index (κ3) is 3.50. The Morgan fingerprint density at radius 2 is 2.43 bits per heavy atom. The number of nitrogens with one attached hydrogen (secondary N) is 1. The Bertz CT molecular complexity index is 203. The van der Waals surface area contributed by atoms with Crippen LogP contribution in [0.4, 0.5) is 0 Å². The maximum absolute atomic E-state index is 11.4. The molecule has 1 aliphatic rings. The van der Waals surface area contributed by atoms with Crippen molar-refractivity contribution in [3.63, 3.8) is 0 Å². The fourth-order valence-electron chi connectivity index (χ4n) is 1.87. The molecule has 0 saturated carbocycles. The predicted molar refractivity (Wildman–Crippen MR) is 58.1 cm³/mol. The lowest BCUT2D eigenvalue weighted by Gasteiger charge is -2.31. The molecule has 1 rings (SSSR count). The second-order valence-corrected chi connectivity index (χ2v) is 3.93.